The molecule has 0 saturated heterocycles. The van der Waals surface area contributed by atoms with E-state index in [0.717, 1.165) is 30.0 Å². The number of nitrogens with zero attached hydrogens (tertiary/aromatic N) is 3. The maximum absolute atomic E-state index is 8.87. The first-order valence-corrected chi connectivity index (χ1v) is 6.05. The largest absolute Gasteiger partial charge is 0.399 e. The smallest absolute Gasteiger partial charge is 0.0991 e. The molecule has 0 atom stereocenters. The molecular formula is C15H16N4. The van der Waals surface area contributed by atoms with E-state index in [9.17, 15) is 0 Å². The molecule has 0 amide bonds. The summed E-state index contributed by atoms with van der Waals surface area (Å²) in [6.07, 6.45) is 1.72. The Kier molecular flexibility index (Phi) is 4.11. The van der Waals surface area contributed by atoms with Crippen LogP contribution in [0.1, 0.15) is 16.8 Å². The molecule has 2 N–H and O–H groups in total. The van der Waals surface area contributed by atoms with E-state index in [1.807, 2.05) is 37.4 Å². The van der Waals surface area contributed by atoms with Crippen molar-refractivity contribution in [2.75, 3.05) is 12.8 Å². The molecule has 1 aromatic heterocycles. The molecule has 4 nitrogen and oxygen atoms in total. The van der Waals surface area contributed by atoms with Gasteiger partial charge in [-0.05, 0) is 36.9 Å². The number of pyridine rings is 1. The van der Waals surface area contributed by atoms with Crippen LogP contribution < -0.4 is 5.73 Å². The van der Waals surface area contributed by atoms with E-state index in [4.69, 9.17) is 11.0 Å². The first-order chi connectivity index (χ1) is 9.17. The Labute approximate surface area is 113 Å². The molecule has 0 spiro atoms. The van der Waals surface area contributed by atoms with Crippen LogP contribution in [-0.2, 0) is 13.1 Å². The Balaban J connectivity index is 2.01. The monoisotopic (exact) mass is 252 g/mol. The van der Waals surface area contributed by atoms with Crippen molar-refractivity contribution in [2.45, 2.75) is 13.1 Å². The van der Waals surface area contributed by atoms with E-state index < -0.39 is 0 Å². The van der Waals surface area contributed by atoms with Crippen molar-refractivity contribution in [3.05, 3.63) is 59.4 Å². The van der Waals surface area contributed by atoms with Crippen LogP contribution in [0.3, 0.4) is 0 Å². The van der Waals surface area contributed by atoms with Crippen LogP contribution in [0.2, 0.25) is 0 Å². The van der Waals surface area contributed by atoms with Crippen LogP contribution >= 0.6 is 0 Å². The zero-order valence-electron chi connectivity index (χ0n) is 10.9. The fourth-order valence-electron chi connectivity index (χ4n) is 1.97. The van der Waals surface area contributed by atoms with Crippen molar-refractivity contribution in [1.29, 1.82) is 5.26 Å². The summed E-state index contributed by atoms with van der Waals surface area (Å²) in [5, 5.41) is 8.87. The van der Waals surface area contributed by atoms with Gasteiger partial charge in [-0.1, -0.05) is 12.1 Å². The van der Waals surface area contributed by atoms with E-state index in [-0.39, 0.29) is 0 Å². The molecule has 0 aliphatic heterocycles. The predicted molar refractivity (Wildman–Crippen MR) is 75.0 cm³/mol. The third-order valence-electron chi connectivity index (χ3n) is 2.78. The fourth-order valence-corrected chi connectivity index (χ4v) is 1.97. The van der Waals surface area contributed by atoms with Crippen LogP contribution in [0.25, 0.3) is 0 Å². The number of anilines is 1. The first kappa shape index (κ1) is 13.1. The number of rotatable bonds is 4. The van der Waals surface area contributed by atoms with Gasteiger partial charge in [0, 0.05) is 25.0 Å². The second kappa shape index (κ2) is 5.98. The Hall–Kier alpha value is -2.38. The average molecular weight is 252 g/mol. The SMILES string of the molecule is CN(Cc1cccc(C#N)c1)Cc1cc(N)ccn1. The van der Waals surface area contributed by atoms with Gasteiger partial charge in [-0.3, -0.25) is 9.88 Å². The average Bonchev–Trinajstić information content (AvgIpc) is 2.38. The van der Waals surface area contributed by atoms with E-state index in [1.165, 1.54) is 0 Å². The standard InChI is InChI=1S/C15H16N4/c1-19(11-15-8-14(17)5-6-18-15)10-13-4-2-3-12(7-13)9-16/h2-8H,10-11H2,1H3,(H2,17,18). The van der Waals surface area contributed by atoms with Gasteiger partial charge in [0.05, 0.1) is 17.3 Å². The summed E-state index contributed by atoms with van der Waals surface area (Å²) in [4.78, 5) is 6.42. The second-order valence-corrected chi connectivity index (χ2v) is 4.56. The van der Waals surface area contributed by atoms with E-state index in [2.05, 4.69) is 16.0 Å². The molecular weight excluding hydrogens is 236 g/mol. The Morgan fingerprint density at radius 2 is 2.11 bits per heavy atom. The van der Waals surface area contributed by atoms with Crippen molar-refractivity contribution in [2.24, 2.45) is 0 Å². The lowest BCUT2D eigenvalue weighted by Gasteiger charge is -2.16. The van der Waals surface area contributed by atoms with Gasteiger partial charge in [0.2, 0.25) is 0 Å². The topological polar surface area (TPSA) is 65.9 Å². The van der Waals surface area contributed by atoms with Crippen LogP contribution in [0, 0.1) is 11.3 Å². The third-order valence-corrected chi connectivity index (χ3v) is 2.78. The van der Waals surface area contributed by atoms with Gasteiger partial charge in [0.1, 0.15) is 0 Å². The van der Waals surface area contributed by atoms with Crippen LogP contribution in [-0.4, -0.2) is 16.9 Å². The Morgan fingerprint density at radius 3 is 2.84 bits per heavy atom. The second-order valence-electron chi connectivity index (χ2n) is 4.56. The zero-order valence-corrected chi connectivity index (χ0v) is 10.9. The summed E-state index contributed by atoms with van der Waals surface area (Å²) < 4.78 is 0. The van der Waals surface area contributed by atoms with E-state index in [1.54, 1.807) is 12.3 Å². The van der Waals surface area contributed by atoms with Gasteiger partial charge < -0.3 is 5.73 Å². The highest BCUT2D eigenvalue weighted by molar-refractivity contribution is 5.37. The molecule has 2 aromatic rings. The normalized spacial score (nSPS) is 10.4. The molecule has 1 aromatic carbocycles. The predicted octanol–water partition coefficient (Wildman–Crippen LogP) is 2.17. The molecule has 1 heterocycles. The van der Waals surface area contributed by atoms with Crippen molar-refractivity contribution >= 4 is 5.69 Å². The lowest BCUT2D eigenvalue weighted by molar-refractivity contribution is 0.315. The summed E-state index contributed by atoms with van der Waals surface area (Å²) >= 11 is 0. The number of nitriles is 1. The summed E-state index contributed by atoms with van der Waals surface area (Å²) in [6.45, 7) is 1.49. The van der Waals surface area contributed by atoms with Gasteiger partial charge in [-0.2, -0.15) is 5.26 Å². The number of hydrogen-bond donors (Lipinski definition) is 1. The molecule has 2 rings (SSSR count). The Bertz CT molecular complexity index is 601. The van der Waals surface area contributed by atoms with Gasteiger partial charge in [-0.25, -0.2) is 0 Å². The molecule has 0 radical (unpaired) electrons. The molecule has 0 unspecified atom stereocenters. The molecule has 0 aliphatic carbocycles. The zero-order chi connectivity index (χ0) is 13.7. The number of hydrogen-bond acceptors (Lipinski definition) is 4. The van der Waals surface area contributed by atoms with Crippen molar-refractivity contribution < 1.29 is 0 Å². The minimum Gasteiger partial charge on any atom is -0.399 e. The van der Waals surface area contributed by atoms with Crippen LogP contribution in [0.4, 0.5) is 5.69 Å². The van der Waals surface area contributed by atoms with Crippen molar-refractivity contribution in [3.8, 4) is 6.07 Å². The molecule has 96 valence electrons. The van der Waals surface area contributed by atoms with Crippen LogP contribution in [0.5, 0.6) is 0 Å². The summed E-state index contributed by atoms with van der Waals surface area (Å²) in [7, 11) is 2.02. The summed E-state index contributed by atoms with van der Waals surface area (Å²) in [5.74, 6) is 0. The van der Waals surface area contributed by atoms with E-state index >= 15 is 0 Å². The molecule has 19 heavy (non-hydrogen) atoms. The maximum atomic E-state index is 8.87. The van der Waals surface area contributed by atoms with Gasteiger partial charge in [-0.15, -0.1) is 0 Å². The summed E-state index contributed by atoms with van der Waals surface area (Å²) in [6, 6.07) is 13.4. The molecule has 0 aliphatic rings. The van der Waals surface area contributed by atoms with Crippen LogP contribution in [0.15, 0.2) is 42.6 Å². The minimum absolute atomic E-state index is 0.688. The lowest BCUT2D eigenvalue weighted by Crippen LogP contribution is -2.18. The highest BCUT2D eigenvalue weighted by atomic mass is 15.1. The highest BCUT2D eigenvalue weighted by Gasteiger charge is 2.04. The summed E-state index contributed by atoms with van der Waals surface area (Å²) in [5.41, 5.74) is 9.20. The molecule has 0 saturated carbocycles. The number of benzene rings is 1. The number of nitrogen functional groups attached to an aromatic ring is 1. The quantitative estimate of drug-likeness (QED) is 0.905. The lowest BCUT2D eigenvalue weighted by atomic mass is 10.1. The van der Waals surface area contributed by atoms with Gasteiger partial charge in [0.15, 0.2) is 0 Å². The molecule has 4 heteroatoms. The number of aromatic nitrogens is 1. The molecule has 0 fully saturated rings. The first-order valence-electron chi connectivity index (χ1n) is 6.05. The van der Waals surface area contributed by atoms with E-state index in [0.29, 0.717) is 5.56 Å². The molecule has 0 bridgehead atoms. The van der Waals surface area contributed by atoms with Crippen molar-refractivity contribution in [3.63, 3.8) is 0 Å². The van der Waals surface area contributed by atoms with Crippen molar-refractivity contribution in [1.82, 2.24) is 9.88 Å². The number of nitrogens with two attached hydrogens (primary N) is 1. The van der Waals surface area contributed by atoms with Gasteiger partial charge in [0.25, 0.3) is 0 Å². The fraction of sp³-hybridized carbons (Fsp3) is 0.200. The van der Waals surface area contributed by atoms with Gasteiger partial charge >= 0.3 is 0 Å². The maximum Gasteiger partial charge on any atom is 0.0991 e. The minimum atomic E-state index is 0.688. The highest BCUT2D eigenvalue weighted by Crippen LogP contribution is 2.10. The third kappa shape index (κ3) is 3.80. The Morgan fingerprint density at radius 1 is 1.26 bits per heavy atom.